The maximum Gasteiger partial charge on any atom is 0.130 e. The van der Waals surface area contributed by atoms with Crippen molar-refractivity contribution in [3.63, 3.8) is 0 Å². The highest BCUT2D eigenvalue weighted by Crippen LogP contribution is 2.28. The summed E-state index contributed by atoms with van der Waals surface area (Å²) in [6.45, 7) is 4.35. The smallest absolute Gasteiger partial charge is 0.130 e. The van der Waals surface area contributed by atoms with E-state index in [1.54, 1.807) is 0 Å². The van der Waals surface area contributed by atoms with Gasteiger partial charge >= 0.3 is 0 Å². The monoisotopic (exact) mass is 296 g/mol. The second kappa shape index (κ2) is 9.30. The summed E-state index contributed by atoms with van der Waals surface area (Å²) in [5.74, 6) is 1.96. The van der Waals surface area contributed by atoms with E-state index in [4.69, 9.17) is 4.74 Å². The molecule has 22 heavy (non-hydrogen) atoms. The zero-order valence-electron chi connectivity index (χ0n) is 14.0. The van der Waals surface area contributed by atoms with Gasteiger partial charge in [-0.3, -0.25) is 0 Å². The predicted octanol–water partition coefficient (Wildman–Crippen LogP) is 6.69. The molecule has 2 aromatic carbocycles. The summed E-state index contributed by atoms with van der Waals surface area (Å²) in [4.78, 5) is 0. The molecule has 0 saturated heterocycles. The maximum absolute atomic E-state index is 6.14. The van der Waals surface area contributed by atoms with Crippen LogP contribution in [0, 0.1) is 6.92 Å². The Labute approximate surface area is 135 Å². The van der Waals surface area contributed by atoms with Crippen molar-refractivity contribution in [2.75, 3.05) is 0 Å². The minimum Gasteiger partial charge on any atom is -0.457 e. The Morgan fingerprint density at radius 1 is 0.727 bits per heavy atom. The summed E-state index contributed by atoms with van der Waals surface area (Å²) in [6.07, 6.45) is 9.08. The number of hydrogen-bond acceptors (Lipinski definition) is 1. The average molecular weight is 296 g/mol. The second-order valence-corrected chi connectivity index (χ2v) is 5.99. The van der Waals surface area contributed by atoms with Crippen LogP contribution in [-0.4, -0.2) is 0 Å². The molecule has 1 heteroatoms. The molecule has 0 bridgehead atoms. The Balaban J connectivity index is 1.91. The third kappa shape index (κ3) is 5.22. The Morgan fingerprint density at radius 2 is 1.36 bits per heavy atom. The highest BCUT2D eigenvalue weighted by molar-refractivity contribution is 5.40. The standard InChI is InChI=1S/C21H28O/c1-3-4-5-6-7-8-14-19-15-10-12-17-21(19)22-20-16-11-9-13-18(20)2/h9-13,15-17H,3-8,14H2,1-2H3. The molecule has 0 fully saturated rings. The van der Waals surface area contributed by atoms with Gasteiger partial charge in [-0.25, -0.2) is 0 Å². The van der Waals surface area contributed by atoms with Crippen LogP contribution in [0.1, 0.15) is 56.6 Å². The number of hydrogen-bond donors (Lipinski definition) is 0. The molecule has 1 nitrogen and oxygen atoms in total. The highest BCUT2D eigenvalue weighted by atomic mass is 16.5. The Bertz CT molecular complexity index is 559. The van der Waals surface area contributed by atoms with Crippen LogP contribution < -0.4 is 4.74 Å². The average Bonchev–Trinajstić information content (AvgIpc) is 2.54. The van der Waals surface area contributed by atoms with Crippen molar-refractivity contribution in [1.82, 2.24) is 0 Å². The van der Waals surface area contributed by atoms with Crippen LogP contribution in [0.5, 0.6) is 11.5 Å². The van der Waals surface area contributed by atoms with Crippen molar-refractivity contribution >= 4 is 0 Å². The minimum atomic E-state index is 0.956. The molecule has 0 unspecified atom stereocenters. The SMILES string of the molecule is CCCCCCCCc1ccccc1Oc1ccccc1C. The molecule has 0 heterocycles. The summed E-state index contributed by atoms with van der Waals surface area (Å²) >= 11 is 0. The fourth-order valence-electron chi connectivity index (χ4n) is 2.70. The Kier molecular flexibility index (Phi) is 7.02. The molecule has 2 rings (SSSR count). The minimum absolute atomic E-state index is 0.956. The van der Waals surface area contributed by atoms with Crippen molar-refractivity contribution in [1.29, 1.82) is 0 Å². The van der Waals surface area contributed by atoms with Gasteiger partial charge < -0.3 is 4.74 Å². The highest BCUT2D eigenvalue weighted by Gasteiger charge is 2.06. The first-order valence-corrected chi connectivity index (χ1v) is 8.62. The third-order valence-electron chi connectivity index (χ3n) is 4.09. The van der Waals surface area contributed by atoms with Crippen LogP contribution in [0.2, 0.25) is 0 Å². The van der Waals surface area contributed by atoms with Gasteiger partial charge in [-0.1, -0.05) is 75.4 Å². The van der Waals surface area contributed by atoms with Gasteiger partial charge in [0.25, 0.3) is 0 Å². The van der Waals surface area contributed by atoms with Gasteiger partial charge in [0.2, 0.25) is 0 Å². The van der Waals surface area contributed by atoms with E-state index in [1.165, 1.54) is 49.7 Å². The zero-order chi connectivity index (χ0) is 15.6. The molecule has 0 atom stereocenters. The lowest BCUT2D eigenvalue weighted by Crippen LogP contribution is -1.93. The molecule has 0 spiro atoms. The quantitative estimate of drug-likeness (QED) is 0.468. The van der Waals surface area contributed by atoms with Gasteiger partial charge in [-0.2, -0.15) is 0 Å². The van der Waals surface area contributed by atoms with Gasteiger partial charge in [0.1, 0.15) is 11.5 Å². The lowest BCUT2D eigenvalue weighted by Gasteiger charge is -2.12. The first-order chi connectivity index (χ1) is 10.8. The first-order valence-electron chi connectivity index (χ1n) is 8.62. The van der Waals surface area contributed by atoms with Crippen LogP contribution in [0.3, 0.4) is 0 Å². The van der Waals surface area contributed by atoms with Crippen molar-refractivity contribution < 1.29 is 4.74 Å². The number of benzene rings is 2. The molecule has 0 amide bonds. The Hall–Kier alpha value is -1.76. The molecular formula is C21H28O. The molecular weight excluding hydrogens is 268 g/mol. The topological polar surface area (TPSA) is 9.23 Å². The van der Waals surface area contributed by atoms with E-state index in [-0.39, 0.29) is 0 Å². The normalized spacial score (nSPS) is 10.6. The van der Waals surface area contributed by atoms with Crippen LogP contribution in [0.15, 0.2) is 48.5 Å². The summed E-state index contributed by atoms with van der Waals surface area (Å²) in [6, 6.07) is 16.6. The largest absolute Gasteiger partial charge is 0.457 e. The van der Waals surface area contributed by atoms with Crippen LogP contribution in [0.25, 0.3) is 0 Å². The first kappa shape index (κ1) is 16.6. The summed E-state index contributed by atoms with van der Waals surface area (Å²) in [7, 11) is 0. The van der Waals surface area contributed by atoms with Crippen LogP contribution >= 0.6 is 0 Å². The van der Waals surface area contributed by atoms with Crippen molar-refractivity contribution in [2.45, 2.75) is 58.8 Å². The summed E-state index contributed by atoms with van der Waals surface area (Å²) in [5.41, 5.74) is 2.50. The summed E-state index contributed by atoms with van der Waals surface area (Å²) < 4.78 is 6.14. The number of rotatable bonds is 9. The molecule has 0 aliphatic rings. The lowest BCUT2D eigenvalue weighted by atomic mass is 10.0. The van der Waals surface area contributed by atoms with E-state index in [1.807, 2.05) is 18.2 Å². The predicted molar refractivity (Wildman–Crippen MR) is 94.8 cm³/mol. The fourth-order valence-corrected chi connectivity index (χ4v) is 2.70. The van der Waals surface area contributed by atoms with Gasteiger partial charge in [-0.15, -0.1) is 0 Å². The molecule has 0 aliphatic carbocycles. The van der Waals surface area contributed by atoms with Gasteiger partial charge in [0.05, 0.1) is 0 Å². The van der Waals surface area contributed by atoms with Crippen molar-refractivity contribution in [2.24, 2.45) is 0 Å². The van der Waals surface area contributed by atoms with Crippen molar-refractivity contribution in [3.8, 4) is 11.5 Å². The molecule has 0 radical (unpaired) electrons. The number of aryl methyl sites for hydroxylation is 2. The van der Waals surface area contributed by atoms with E-state index in [2.05, 4.69) is 44.2 Å². The zero-order valence-corrected chi connectivity index (χ0v) is 14.0. The van der Waals surface area contributed by atoms with E-state index < -0.39 is 0 Å². The van der Waals surface area contributed by atoms with E-state index in [9.17, 15) is 0 Å². The molecule has 0 aromatic heterocycles. The van der Waals surface area contributed by atoms with Gasteiger partial charge in [0.15, 0.2) is 0 Å². The molecule has 0 aliphatic heterocycles. The number of unbranched alkanes of at least 4 members (excludes halogenated alkanes) is 5. The van der Waals surface area contributed by atoms with Gasteiger partial charge in [-0.05, 0) is 43.0 Å². The van der Waals surface area contributed by atoms with E-state index in [0.717, 1.165) is 17.9 Å². The van der Waals surface area contributed by atoms with Crippen LogP contribution in [0.4, 0.5) is 0 Å². The second-order valence-electron chi connectivity index (χ2n) is 5.99. The fraction of sp³-hybridized carbons (Fsp3) is 0.429. The van der Waals surface area contributed by atoms with E-state index in [0.29, 0.717) is 0 Å². The van der Waals surface area contributed by atoms with Crippen molar-refractivity contribution in [3.05, 3.63) is 59.7 Å². The van der Waals surface area contributed by atoms with E-state index >= 15 is 0 Å². The lowest BCUT2D eigenvalue weighted by molar-refractivity contribution is 0.470. The van der Waals surface area contributed by atoms with Gasteiger partial charge in [0, 0.05) is 0 Å². The molecule has 0 saturated carbocycles. The maximum atomic E-state index is 6.14. The number of para-hydroxylation sites is 2. The molecule has 2 aromatic rings. The molecule has 0 N–H and O–H groups in total. The third-order valence-corrected chi connectivity index (χ3v) is 4.09. The molecule has 118 valence electrons. The van der Waals surface area contributed by atoms with Crippen LogP contribution in [-0.2, 0) is 6.42 Å². The summed E-state index contributed by atoms with van der Waals surface area (Å²) in [5, 5.41) is 0. The number of ether oxygens (including phenoxy) is 1. The Morgan fingerprint density at radius 3 is 2.14 bits per heavy atom.